The van der Waals surface area contributed by atoms with E-state index in [0.717, 1.165) is 32.1 Å². The molecule has 0 fully saturated rings. The maximum Gasteiger partial charge on any atom is 0.335 e. The summed E-state index contributed by atoms with van der Waals surface area (Å²) in [6.07, 6.45) is 19.9. The van der Waals surface area contributed by atoms with Crippen LogP contribution >= 0.6 is 0 Å². The van der Waals surface area contributed by atoms with E-state index in [0.29, 0.717) is 19.3 Å². The summed E-state index contributed by atoms with van der Waals surface area (Å²) in [5, 5.41) is 0. The van der Waals surface area contributed by atoms with Crippen LogP contribution in [0, 0.1) is 5.41 Å². The van der Waals surface area contributed by atoms with Crippen LogP contribution in [-0.2, 0) is 28.6 Å². The van der Waals surface area contributed by atoms with Crippen molar-refractivity contribution in [3.05, 3.63) is 0 Å². The van der Waals surface area contributed by atoms with Crippen LogP contribution in [0.4, 0.5) is 0 Å². The van der Waals surface area contributed by atoms with Crippen LogP contribution < -0.4 is 0 Å². The second kappa shape index (κ2) is 22.8. The largest absolute Gasteiger partial charge is 0.468 e. The topological polar surface area (TPSA) is 78.9 Å². The average Bonchev–Trinajstić information content (AvgIpc) is 2.86. The van der Waals surface area contributed by atoms with E-state index >= 15 is 0 Å². The first-order chi connectivity index (χ1) is 17.0. The number of hydrogen-bond acceptors (Lipinski definition) is 6. The molecule has 0 atom stereocenters. The number of hydrogen-bond donors (Lipinski definition) is 0. The van der Waals surface area contributed by atoms with Crippen LogP contribution in [0.25, 0.3) is 0 Å². The fraction of sp³-hybridized carbons (Fsp3) is 0.897. The van der Waals surface area contributed by atoms with Gasteiger partial charge in [0.1, 0.15) is 0 Å². The van der Waals surface area contributed by atoms with E-state index in [4.69, 9.17) is 14.2 Å². The molecule has 0 unspecified atom stereocenters. The van der Waals surface area contributed by atoms with E-state index in [2.05, 4.69) is 6.92 Å². The lowest BCUT2D eigenvalue weighted by Crippen LogP contribution is -2.49. The minimum absolute atomic E-state index is 0.0631. The van der Waals surface area contributed by atoms with E-state index in [1.165, 1.54) is 71.3 Å². The molecule has 0 aromatic heterocycles. The van der Waals surface area contributed by atoms with Gasteiger partial charge in [-0.1, -0.05) is 124 Å². The number of esters is 3. The van der Waals surface area contributed by atoms with Gasteiger partial charge in [-0.3, -0.25) is 14.4 Å². The molecule has 0 bridgehead atoms. The molecule has 0 rings (SSSR count). The van der Waals surface area contributed by atoms with Crippen molar-refractivity contribution in [3.63, 3.8) is 0 Å². The normalized spacial score (nSPS) is 11.3. The number of carbonyl (C=O) groups is 3. The lowest BCUT2D eigenvalue weighted by molar-refractivity contribution is -0.184. The Hall–Kier alpha value is -1.59. The van der Waals surface area contributed by atoms with Crippen LogP contribution in [0.2, 0.25) is 0 Å². The maximum atomic E-state index is 13.0. The molecule has 0 heterocycles. The Kier molecular flexibility index (Phi) is 21.8. The molecule has 0 N–H and O–H groups in total. The van der Waals surface area contributed by atoms with Crippen LogP contribution in [0.1, 0.15) is 143 Å². The van der Waals surface area contributed by atoms with E-state index in [-0.39, 0.29) is 19.6 Å². The first-order valence-electron chi connectivity index (χ1n) is 14.4. The van der Waals surface area contributed by atoms with Gasteiger partial charge in [-0.15, -0.1) is 0 Å². The van der Waals surface area contributed by atoms with Gasteiger partial charge >= 0.3 is 17.9 Å². The summed E-state index contributed by atoms with van der Waals surface area (Å²) < 4.78 is 15.6. The number of carbonyl (C=O) groups excluding carboxylic acids is 3. The van der Waals surface area contributed by atoms with Gasteiger partial charge in [0.05, 0.1) is 20.3 Å². The molecule has 0 aromatic carbocycles. The van der Waals surface area contributed by atoms with Gasteiger partial charge in [-0.2, -0.15) is 0 Å². The van der Waals surface area contributed by atoms with Gasteiger partial charge in [0.15, 0.2) is 0 Å². The van der Waals surface area contributed by atoms with Crippen molar-refractivity contribution >= 4 is 17.9 Å². The fourth-order valence-electron chi connectivity index (χ4n) is 4.18. The summed E-state index contributed by atoms with van der Waals surface area (Å²) in [7, 11) is 1.20. The fourth-order valence-corrected chi connectivity index (χ4v) is 4.18. The minimum Gasteiger partial charge on any atom is -0.468 e. The van der Waals surface area contributed by atoms with E-state index in [1.54, 1.807) is 0 Å². The molecule has 6 nitrogen and oxygen atoms in total. The lowest BCUT2D eigenvalue weighted by Gasteiger charge is -2.27. The summed E-state index contributed by atoms with van der Waals surface area (Å²) in [6.45, 7) is 6.56. The first kappa shape index (κ1) is 33.4. The third-order valence-electron chi connectivity index (χ3n) is 6.60. The molecule has 0 aromatic rings. The third kappa shape index (κ3) is 14.5. The molecule has 0 saturated carbocycles. The van der Waals surface area contributed by atoms with Gasteiger partial charge in [0, 0.05) is 0 Å². The SMILES string of the molecule is CCCCCCCCCCCCCCCCC(C(=O)OC)(C(=O)OCCCC)C(=O)OCCCC. The summed E-state index contributed by atoms with van der Waals surface area (Å²) in [5.74, 6) is -2.56. The zero-order valence-corrected chi connectivity index (χ0v) is 23.3. The highest BCUT2D eigenvalue weighted by molar-refractivity contribution is 6.17. The summed E-state index contributed by atoms with van der Waals surface area (Å²) in [6, 6.07) is 0. The molecule has 0 aliphatic rings. The minimum atomic E-state index is -2.02. The van der Waals surface area contributed by atoms with Crippen molar-refractivity contribution in [2.45, 2.75) is 143 Å². The predicted octanol–water partition coefficient (Wildman–Crippen LogP) is 7.70. The molecule has 0 radical (unpaired) electrons. The van der Waals surface area contributed by atoms with E-state index in [1.807, 2.05) is 13.8 Å². The van der Waals surface area contributed by atoms with Crippen LogP contribution in [-0.4, -0.2) is 38.2 Å². The molecule has 0 amide bonds. The van der Waals surface area contributed by atoms with Crippen molar-refractivity contribution in [3.8, 4) is 0 Å². The molecule has 6 heteroatoms. The molecule has 35 heavy (non-hydrogen) atoms. The predicted molar refractivity (Wildman–Crippen MR) is 141 cm³/mol. The van der Waals surface area contributed by atoms with Gasteiger partial charge in [-0.25, -0.2) is 0 Å². The Morgan fingerprint density at radius 1 is 0.486 bits per heavy atom. The summed E-state index contributed by atoms with van der Waals surface area (Å²) in [5.41, 5.74) is -2.02. The van der Waals surface area contributed by atoms with Crippen molar-refractivity contribution in [1.82, 2.24) is 0 Å². The second-order valence-corrected chi connectivity index (χ2v) is 9.72. The standard InChI is InChI=1S/C29H54O6/c1-5-8-11-12-13-14-15-16-17-18-19-20-21-22-23-29(26(30)33-4,27(31)34-24-9-6-2)28(32)35-25-10-7-3/h5-25H2,1-4H3. The molecule has 0 saturated heterocycles. The number of ether oxygens (including phenoxy) is 3. The highest BCUT2D eigenvalue weighted by Gasteiger charge is 2.56. The van der Waals surface area contributed by atoms with Crippen molar-refractivity contribution < 1.29 is 28.6 Å². The number of unbranched alkanes of at least 4 members (excludes halogenated alkanes) is 15. The highest BCUT2D eigenvalue weighted by Crippen LogP contribution is 2.31. The number of methoxy groups -OCH3 is 1. The molecule has 0 aliphatic carbocycles. The van der Waals surface area contributed by atoms with Crippen LogP contribution in [0.15, 0.2) is 0 Å². The van der Waals surface area contributed by atoms with Crippen LogP contribution in [0.3, 0.4) is 0 Å². The van der Waals surface area contributed by atoms with Gasteiger partial charge in [-0.05, 0) is 19.3 Å². The molecule has 0 aliphatic heterocycles. The molecular weight excluding hydrogens is 444 g/mol. The highest BCUT2D eigenvalue weighted by atomic mass is 16.6. The van der Waals surface area contributed by atoms with Crippen molar-refractivity contribution in [2.75, 3.05) is 20.3 Å². The Labute approximate surface area is 215 Å². The lowest BCUT2D eigenvalue weighted by atomic mass is 9.82. The Balaban J connectivity index is 4.54. The van der Waals surface area contributed by atoms with Crippen molar-refractivity contribution in [1.29, 1.82) is 0 Å². The van der Waals surface area contributed by atoms with Gasteiger partial charge < -0.3 is 14.2 Å². The smallest absolute Gasteiger partial charge is 0.335 e. The molecular formula is C29H54O6. The van der Waals surface area contributed by atoms with Gasteiger partial charge in [0.2, 0.25) is 0 Å². The third-order valence-corrected chi connectivity index (χ3v) is 6.60. The molecule has 206 valence electrons. The maximum absolute atomic E-state index is 13.0. The van der Waals surface area contributed by atoms with E-state index in [9.17, 15) is 14.4 Å². The average molecular weight is 499 g/mol. The quantitative estimate of drug-likeness (QED) is 0.0587. The van der Waals surface area contributed by atoms with Crippen LogP contribution in [0.5, 0.6) is 0 Å². The van der Waals surface area contributed by atoms with E-state index < -0.39 is 23.3 Å². The molecule has 0 spiro atoms. The zero-order valence-electron chi connectivity index (χ0n) is 23.3. The second-order valence-electron chi connectivity index (χ2n) is 9.72. The van der Waals surface area contributed by atoms with Crippen molar-refractivity contribution in [2.24, 2.45) is 5.41 Å². The summed E-state index contributed by atoms with van der Waals surface area (Å²) >= 11 is 0. The summed E-state index contributed by atoms with van der Waals surface area (Å²) in [4.78, 5) is 38.6. The monoisotopic (exact) mass is 498 g/mol. The zero-order chi connectivity index (χ0) is 26.2. The Morgan fingerprint density at radius 2 is 0.829 bits per heavy atom. The number of rotatable bonds is 24. The van der Waals surface area contributed by atoms with Gasteiger partial charge in [0.25, 0.3) is 5.41 Å². The Morgan fingerprint density at radius 3 is 1.17 bits per heavy atom. The first-order valence-corrected chi connectivity index (χ1v) is 14.4. The Bertz CT molecular complexity index is 523.